The largest absolute Gasteiger partial charge is 0.478 e. The van der Waals surface area contributed by atoms with Gasteiger partial charge in [-0.2, -0.15) is 0 Å². The second-order valence-electron chi connectivity index (χ2n) is 4.22. The highest BCUT2D eigenvalue weighted by molar-refractivity contribution is 7.80. The number of benzene rings is 1. The first-order valence-electron chi connectivity index (χ1n) is 5.97. The lowest BCUT2D eigenvalue weighted by molar-refractivity contribution is 0.0697. The van der Waals surface area contributed by atoms with E-state index >= 15 is 0 Å². The van der Waals surface area contributed by atoms with Gasteiger partial charge < -0.3 is 20.2 Å². The van der Waals surface area contributed by atoms with Gasteiger partial charge in [-0.3, -0.25) is 0 Å². The number of anilines is 1. The summed E-state index contributed by atoms with van der Waals surface area (Å²) in [5.41, 5.74) is 1.80. The molecule has 1 aromatic heterocycles. The molecule has 5 nitrogen and oxygen atoms in total. The third kappa shape index (κ3) is 3.58. The molecule has 3 N–H and O–H groups in total. The summed E-state index contributed by atoms with van der Waals surface area (Å²) < 4.78 is 5.18. The molecular weight excluding hydrogens is 276 g/mol. The SMILES string of the molecule is Cc1ccc(C(=O)O)cc1NC(=S)NCc1ccco1. The van der Waals surface area contributed by atoms with E-state index in [-0.39, 0.29) is 5.56 Å². The summed E-state index contributed by atoms with van der Waals surface area (Å²) in [7, 11) is 0. The van der Waals surface area contributed by atoms with Crippen LogP contribution in [0.1, 0.15) is 21.7 Å². The van der Waals surface area contributed by atoms with E-state index in [0.717, 1.165) is 11.3 Å². The van der Waals surface area contributed by atoms with Crippen LogP contribution in [0.15, 0.2) is 41.0 Å². The third-order valence-corrected chi connectivity index (χ3v) is 2.98. The van der Waals surface area contributed by atoms with Crippen LogP contribution in [0.2, 0.25) is 0 Å². The van der Waals surface area contributed by atoms with Crippen molar-refractivity contribution in [1.82, 2.24) is 5.32 Å². The standard InChI is InChI=1S/C14H14N2O3S/c1-9-4-5-10(13(17)18)7-12(9)16-14(20)15-8-11-3-2-6-19-11/h2-7H,8H2,1H3,(H,17,18)(H2,15,16,20). The maximum atomic E-state index is 10.9. The van der Waals surface area contributed by atoms with Gasteiger partial charge in [-0.1, -0.05) is 6.07 Å². The fraction of sp³-hybridized carbons (Fsp3) is 0.143. The molecule has 0 fully saturated rings. The van der Waals surface area contributed by atoms with Gasteiger partial charge in [0.1, 0.15) is 5.76 Å². The Morgan fingerprint density at radius 1 is 1.40 bits per heavy atom. The summed E-state index contributed by atoms with van der Waals surface area (Å²) in [6.45, 7) is 2.35. The smallest absolute Gasteiger partial charge is 0.335 e. The number of carbonyl (C=O) groups is 1. The molecule has 0 aliphatic carbocycles. The molecule has 0 spiro atoms. The summed E-state index contributed by atoms with van der Waals surface area (Å²) >= 11 is 5.17. The maximum Gasteiger partial charge on any atom is 0.335 e. The molecular formula is C14H14N2O3S. The van der Waals surface area contributed by atoms with Crippen molar-refractivity contribution in [2.45, 2.75) is 13.5 Å². The first-order valence-corrected chi connectivity index (χ1v) is 6.38. The zero-order valence-electron chi connectivity index (χ0n) is 10.8. The van der Waals surface area contributed by atoms with E-state index in [9.17, 15) is 4.79 Å². The lowest BCUT2D eigenvalue weighted by atomic mass is 10.1. The molecule has 0 aliphatic heterocycles. The van der Waals surface area contributed by atoms with E-state index in [1.54, 1.807) is 30.5 Å². The van der Waals surface area contributed by atoms with E-state index in [1.807, 2.05) is 13.0 Å². The van der Waals surface area contributed by atoms with Gasteiger partial charge >= 0.3 is 5.97 Å². The summed E-state index contributed by atoms with van der Waals surface area (Å²) in [6.07, 6.45) is 1.59. The molecule has 0 bridgehead atoms. The molecule has 0 radical (unpaired) electrons. The second kappa shape index (κ2) is 6.21. The van der Waals surface area contributed by atoms with Crippen LogP contribution in [0.4, 0.5) is 5.69 Å². The predicted molar refractivity (Wildman–Crippen MR) is 79.9 cm³/mol. The number of thiocarbonyl (C=S) groups is 1. The monoisotopic (exact) mass is 290 g/mol. The van der Waals surface area contributed by atoms with Crippen LogP contribution in [0, 0.1) is 6.92 Å². The summed E-state index contributed by atoms with van der Waals surface area (Å²) in [5.74, 6) is -0.201. The first kappa shape index (κ1) is 14.1. The van der Waals surface area contributed by atoms with Gasteiger partial charge in [-0.05, 0) is 49.0 Å². The number of hydrogen-bond donors (Lipinski definition) is 3. The van der Waals surface area contributed by atoms with Crippen LogP contribution >= 0.6 is 12.2 Å². The zero-order chi connectivity index (χ0) is 14.5. The average molecular weight is 290 g/mol. The van der Waals surface area contributed by atoms with Gasteiger partial charge in [0.05, 0.1) is 18.4 Å². The highest BCUT2D eigenvalue weighted by Gasteiger charge is 2.07. The van der Waals surface area contributed by atoms with Gasteiger partial charge in [-0.15, -0.1) is 0 Å². The van der Waals surface area contributed by atoms with Gasteiger partial charge in [0.2, 0.25) is 0 Å². The highest BCUT2D eigenvalue weighted by Crippen LogP contribution is 2.17. The van der Waals surface area contributed by atoms with Crippen molar-refractivity contribution in [2.75, 3.05) is 5.32 Å². The zero-order valence-corrected chi connectivity index (χ0v) is 11.7. The van der Waals surface area contributed by atoms with Crippen molar-refractivity contribution >= 4 is 29.0 Å². The number of hydrogen-bond acceptors (Lipinski definition) is 3. The Labute approximate surface area is 121 Å². The maximum absolute atomic E-state index is 10.9. The molecule has 2 aromatic rings. The Bertz CT molecular complexity index is 623. The van der Waals surface area contributed by atoms with Crippen LogP contribution in [0.5, 0.6) is 0 Å². The number of rotatable bonds is 4. The van der Waals surface area contributed by atoms with E-state index in [0.29, 0.717) is 17.3 Å². The Morgan fingerprint density at radius 2 is 2.20 bits per heavy atom. The minimum absolute atomic E-state index is 0.215. The number of aromatic carboxylic acids is 1. The van der Waals surface area contributed by atoms with Gasteiger partial charge in [0.15, 0.2) is 5.11 Å². The Morgan fingerprint density at radius 3 is 2.85 bits per heavy atom. The molecule has 6 heteroatoms. The van der Waals surface area contributed by atoms with Crippen LogP contribution in [0.3, 0.4) is 0 Å². The van der Waals surface area contributed by atoms with E-state index in [1.165, 1.54) is 0 Å². The Kier molecular flexibility index (Phi) is 4.37. The summed E-state index contributed by atoms with van der Waals surface area (Å²) in [4.78, 5) is 10.9. The molecule has 0 saturated heterocycles. The molecule has 0 atom stereocenters. The molecule has 0 amide bonds. The predicted octanol–water partition coefficient (Wildman–Crippen LogP) is 2.77. The number of carboxylic acids is 1. The van der Waals surface area contributed by atoms with Crippen LogP contribution in [0.25, 0.3) is 0 Å². The average Bonchev–Trinajstić information content (AvgIpc) is 2.92. The molecule has 0 saturated carbocycles. The van der Waals surface area contributed by atoms with Crippen LogP contribution in [-0.2, 0) is 6.54 Å². The second-order valence-corrected chi connectivity index (χ2v) is 4.63. The number of furan rings is 1. The molecule has 1 aromatic carbocycles. The Balaban J connectivity index is 2.00. The number of carboxylic acid groups (broad SMARTS) is 1. The molecule has 20 heavy (non-hydrogen) atoms. The fourth-order valence-corrected chi connectivity index (χ4v) is 1.82. The van der Waals surface area contributed by atoms with E-state index in [4.69, 9.17) is 21.7 Å². The lowest BCUT2D eigenvalue weighted by Crippen LogP contribution is -2.28. The van der Waals surface area contributed by atoms with Crippen molar-refractivity contribution in [3.8, 4) is 0 Å². The normalized spacial score (nSPS) is 10.1. The third-order valence-electron chi connectivity index (χ3n) is 2.74. The highest BCUT2D eigenvalue weighted by atomic mass is 32.1. The quantitative estimate of drug-likeness (QED) is 0.752. The van der Waals surface area contributed by atoms with E-state index in [2.05, 4.69) is 10.6 Å². The van der Waals surface area contributed by atoms with Crippen LogP contribution < -0.4 is 10.6 Å². The van der Waals surface area contributed by atoms with Crippen molar-refractivity contribution in [2.24, 2.45) is 0 Å². The Hall–Kier alpha value is -2.34. The number of nitrogens with one attached hydrogen (secondary N) is 2. The van der Waals surface area contributed by atoms with Gasteiger partial charge in [0, 0.05) is 5.69 Å². The molecule has 2 rings (SSSR count). The van der Waals surface area contributed by atoms with Crippen molar-refractivity contribution in [3.05, 3.63) is 53.5 Å². The van der Waals surface area contributed by atoms with Crippen molar-refractivity contribution < 1.29 is 14.3 Å². The molecule has 0 unspecified atom stereocenters. The minimum atomic E-state index is -0.970. The van der Waals surface area contributed by atoms with Crippen LogP contribution in [-0.4, -0.2) is 16.2 Å². The first-order chi connectivity index (χ1) is 9.56. The fourth-order valence-electron chi connectivity index (χ4n) is 1.64. The lowest BCUT2D eigenvalue weighted by Gasteiger charge is -2.12. The summed E-state index contributed by atoms with van der Waals surface area (Å²) in [6, 6.07) is 8.49. The van der Waals surface area contributed by atoms with Gasteiger partial charge in [-0.25, -0.2) is 4.79 Å². The van der Waals surface area contributed by atoms with E-state index < -0.39 is 5.97 Å². The topological polar surface area (TPSA) is 74.5 Å². The van der Waals surface area contributed by atoms with Crippen molar-refractivity contribution in [1.29, 1.82) is 0 Å². The number of aryl methyl sites for hydroxylation is 1. The van der Waals surface area contributed by atoms with Crippen molar-refractivity contribution in [3.63, 3.8) is 0 Å². The molecule has 104 valence electrons. The molecule has 1 heterocycles. The summed E-state index contributed by atoms with van der Waals surface area (Å²) in [5, 5.41) is 15.4. The minimum Gasteiger partial charge on any atom is -0.478 e. The molecule has 0 aliphatic rings. The van der Waals surface area contributed by atoms with Gasteiger partial charge in [0.25, 0.3) is 0 Å².